The molecule has 0 radical (unpaired) electrons. The van der Waals surface area contributed by atoms with Crippen LogP contribution in [-0.4, -0.2) is 24.3 Å². The van der Waals surface area contributed by atoms with Crippen molar-refractivity contribution >= 4 is 54.8 Å². The van der Waals surface area contributed by atoms with Crippen LogP contribution in [0.2, 0.25) is 0 Å². The van der Waals surface area contributed by atoms with Gasteiger partial charge in [0.1, 0.15) is 0 Å². The minimum atomic E-state index is -3.27. The first-order chi connectivity index (χ1) is 13.3. The Labute approximate surface area is 170 Å². The summed E-state index contributed by atoms with van der Waals surface area (Å²) in [6.07, 6.45) is 1.62. The van der Waals surface area contributed by atoms with Gasteiger partial charge in [0.2, 0.25) is 5.91 Å². The molecule has 0 bridgehead atoms. The molecule has 3 heterocycles. The Morgan fingerprint density at radius 1 is 1.21 bits per heavy atom. The van der Waals surface area contributed by atoms with Crippen LogP contribution in [0.15, 0.2) is 33.9 Å². The van der Waals surface area contributed by atoms with Gasteiger partial charge in [-0.3, -0.25) is 4.79 Å². The Morgan fingerprint density at radius 3 is 2.82 bits per heavy atom. The predicted molar refractivity (Wildman–Crippen MR) is 112 cm³/mol. The molecule has 0 atom stereocenters. The zero-order valence-electron chi connectivity index (χ0n) is 15.0. The number of hydrogen-bond acceptors (Lipinski definition) is 8. The number of nitrogens with one attached hydrogen (secondary N) is 2. The molecule has 0 saturated carbocycles. The van der Waals surface area contributed by atoms with E-state index in [1.165, 1.54) is 35.0 Å². The molecule has 2 aromatic heterocycles. The number of benzene rings is 1. The second-order valence-electron chi connectivity index (χ2n) is 6.23. The van der Waals surface area contributed by atoms with Crippen molar-refractivity contribution in [3.8, 4) is 10.6 Å². The van der Waals surface area contributed by atoms with Gasteiger partial charge in [0.05, 0.1) is 21.2 Å². The van der Waals surface area contributed by atoms with Crippen molar-refractivity contribution in [2.75, 3.05) is 10.6 Å². The van der Waals surface area contributed by atoms with Gasteiger partial charge in [-0.05, 0) is 36.3 Å². The van der Waals surface area contributed by atoms with Gasteiger partial charge in [0.15, 0.2) is 20.1 Å². The minimum Gasteiger partial charge on any atom is -0.357 e. The molecule has 1 aliphatic heterocycles. The van der Waals surface area contributed by atoms with E-state index >= 15 is 0 Å². The van der Waals surface area contributed by atoms with Gasteiger partial charge in [-0.25, -0.2) is 18.4 Å². The molecule has 1 amide bonds. The highest BCUT2D eigenvalue weighted by atomic mass is 32.2. The number of nitrogens with zero attached hydrogens (tertiary/aromatic N) is 2. The second kappa shape index (κ2) is 7.12. The third kappa shape index (κ3) is 3.71. The zero-order valence-corrected chi connectivity index (χ0v) is 17.5. The van der Waals surface area contributed by atoms with Crippen LogP contribution in [0.4, 0.5) is 10.3 Å². The predicted octanol–water partition coefficient (Wildman–Crippen LogP) is 3.90. The maximum Gasteiger partial charge on any atom is 0.223 e. The van der Waals surface area contributed by atoms with Crippen LogP contribution in [-0.2, 0) is 21.2 Å². The fourth-order valence-corrected chi connectivity index (χ4v) is 5.74. The lowest BCUT2D eigenvalue weighted by Gasteiger charge is -2.05. The summed E-state index contributed by atoms with van der Waals surface area (Å²) in [5, 5.41) is 10.5. The van der Waals surface area contributed by atoms with Crippen molar-refractivity contribution in [2.45, 2.75) is 25.3 Å². The first kappa shape index (κ1) is 18.8. The van der Waals surface area contributed by atoms with Crippen LogP contribution >= 0.6 is 22.7 Å². The monoisotopic (exact) mass is 432 g/mol. The quantitative estimate of drug-likeness (QED) is 0.634. The number of anilines is 2. The van der Waals surface area contributed by atoms with Crippen LogP contribution in [0.25, 0.3) is 16.6 Å². The molecule has 7 nitrogen and oxygen atoms in total. The van der Waals surface area contributed by atoms with E-state index in [4.69, 9.17) is 0 Å². The number of fused-ring (bicyclic) bond motifs is 1. The van der Waals surface area contributed by atoms with Gasteiger partial charge in [-0.1, -0.05) is 17.4 Å². The van der Waals surface area contributed by atoms with Crippen molar-refractivity contribution in [1.82, 2.24) is 9.97 Å². The fraction of sp³-hybridized carbons (Fsp3) is 0.167. The summed E-state index contributed by atoms with van der Waals surface area (Å²) >= 11 is 2.87. The normalized spacial score (nSPS) is 14.1. The average Bonchev–Trinajstić information content (AvgIpc) is 3.31. The SMILES string of the molecule is CC(=O)Nc1nc(C)c(-c2csc(NCc3ccc4c(c3)C=CS4(=O)=O)n2)s1. The highest BCUT2D eigenvalue weighted by Gasteiger charge is 2.20. The number of carbonyl (C=O) groups is 1. The van der Waals surface area contributed by atoms with Crippen molar-refractivity contribution < 1.29 is 13.2 Å². The molecule has 0 fully saturated rings. The number of carbonyl (C=O) groups excluding carboxylic acids is 1. The Morgan fingerprint density at radius 2 is 2.04 bits per heavy atom. The van der Waals surface area contributed by atoms with Crippen molar-refractivity contribution in [3.63, 3.8) is 0 Å². The summed E-state index contributed by atoms with van der Waals surface area (Å²) in [6.45, 7) is 3.87. The molecule has 1 aromatic carbocycles. The number of rotatable bonds is 5. The summed E-state index contributed by atoms with van der Waals surface area (Å²) in [7, 11) is -3.27. The van der Waals surface area contributed by atoms with Crippen molar-refractivity contribution in [2.24, 2.45) is 0 Å². The highest BCUT2D eigenvalue weighted by Crippen LogP contribution is 2.34. The van der Waals surface area contributed by atoms with Gasteiger partial charge < -0.3 is 10.6 Å². The first-order valence-corrected chi connectivity index (χ1v) is 11.6. The van der Waals surface area contributed by atoms with E-state index in [2.05, 4.69) is 20.6 Å². The largest absolute Gasteiger partial charge is 0.357 e. The van der Waals surface area contributed by atoms with Gasteiger partial charge in [0.25, 0.3) is 0 Å². The van der Waals surface area contributed by atoms with E-state index in [1.807, 2.05) is 18.4 Å². The molecule has 0 aliphatic carbocycles. The number of aromatic nitrogens is 2. The highest BCUT2D eigenvalue weighted by molar-refractivity contribution is 7.94. The lowest BCUT2D eigenvalue weighted by Crippen LogP contribution is -2.04. The molecule has 144 valence electrons. The Bertz CT molecular complexity index is 1210. The van der Waals surface area contributed by atoms with E-state index < -0.39 is 9.84 Å². The molecule has 0 saturated heterocycles. The van der Waals surface area contributed by atoms with Gasteiger partial charge in [-0.2, -0.15) is 0 Å². The lowest BCUT2D eigenvalue weighted by molar-refractivity contribution is -0.114. The zero-order chi connectivity index (χ0) is 19.9. The third-order valence-electron chi connectivity index (χ3n) is 4.07. The first-order valence-electron chi connectivity index (χ1n) is 8.33. The number of hydrogen-bond donors (Lipinski definition) is 2. The Kier molecular flexibility index (Phi) is 4.77. The minimum absolute atomic E-state index is 0.155. The average molecular weight is 433 g/mol. The molecule has 2 N–H and O–H groups in total. The smallest absolute Gasteiger partial charge is 0.223 e. The third-order valence-corrected chi connectivity index (χ3v) is 7.44. The fourth-order valence-electron chi connectivity index (χ4n) is 2.81. The van der Waals surface area contributed by atoms with Crippen LogP contribution in [0.3, 0.4) is 0 Å². The Balaban J connectivity index is 1.47. The van der Waals surface area contributed by atoms with Crippen molar-refractivity contribution in [1.29, 1.82) is 0 Å². The van der Waals surface area contributed by atoms with Crippen LogP contribution in [0, 0.1) is 6.92 Å². The second-order valence-corrected chi connectivity index (χ2v) is 9.89. The van der Waals surface area contributed by atoms with Gasteiger partial charge in [0, 0.05) is 24.3 Å². The standard InChI is InChI=1S/C18H16N4O3S3/c1-10-16(27-18(20-10)21-11(2)23)14-9-26-17(22-14)19-8-12-3-4-15-13(7-12)5-6-28(15,24)25/h3-7,9H,8H2,1-2H3,(H,19,22)(H,20,21,23). The molecule has 28 heavy (non-hydrogen) atoms. The summed E-state index contributed by atoms with van der Waals surface area (Å²) in [4.78, 5) is 21.4. The van der Waals surface area contributed by atoms with Crippen LogP contribution in [0.1, 0.15) is 23.7 Å². The van der Waals surface area contributed by atoms with Crippen LogP contribution < -0.4 is 10.6 Å². The van der Waals surface area contributed by atoms with E-state index in [0.29, 0.717) is 22.1 Å². The Hall–Kier alpha value is -2.56. The molecule has 3 aromatic rings. The maximum atomic E-state index is 11.8. The summed E-state index contributed by atoms with van der Waals surface area (Å²) in [5.41, 5.74) is 3.31. The molecule has 0 spiro atoms. The molecule has 10 heteroatoms. The molecular formula is C18H16N4O3S3. The maximum absolute atomic E-state index is 11.8. The molecule has 4 rings (SSSR count). The van der Waals surface area contributed by atoms with Gasteiger partial charge >= 0.3 is 0 Å². The molecule has 1 aliphatic rings. The molecular weight excluding hydrogens is 416 g/mol. The van der Waals surface area contributed by atoms with Gasteiger partial charge in [-0.15, -0.1) is 11.3 Å². The number of thiazole rings is 2. The molecule has 0 unspecified atom stereocenters. The topological polar surface area (TPSA) is 101 Å². The number of sulfone groups is 1. The van der Waals surface area contributed by atoms with Crippen molar-refractivity contribution in [3.05, 3.63) is 45.8 Å². The van der Waals surface area contributed by atoms with E-state index in [1.54, 1.807) is 18.2 Å². The van der Waals surface area contributed by atoms with E-state index in [-0.39, 0.29) is 5.91 Å². The summed E-state index contributed by atoms with van der Waals surface area (Å²) < 4.78 is 23.7. The van der Waals surface area contributed by atoms with E-state index in [0.717, 1.165) is 27.0 Å². The lowest BCUT2D eigenvalue weighted by atomic mass is 10.1. The summed E-state index contributed by atoms with van der Waals surface area (Å²) in [5.74, 6) is -0.155. The number of aryl methyl sites for hydroxylation is 1. The van der Waals surface area contributed by atoms with Crippen LogP contribution in [0.5, 0.6) is 0 Å². The number of amides is 1. The van der Waals surface area contributed by atoms with E-state index in [9.17, 15) is 13.2 Å². The summed E-state index contributed by atoms with van der Waals surface area (Å²) in [6, 6.07) is 5.31.